The van der Waals surface area contributed by atoms with Crippen LogP contribution >= 0.6 is 0 Å². The first kappa shape index (κ1) is 15.7. The maximum Gasteiger partial charge on any atom is 0.342 e. The standard InChI is InChI=1S/C16H15N3O5/c1-11-17-9-15(19(21)22)18(11)6-7-23-16(20)13-8-12-4-2-3-5-14(12)24-10-13/h2-5,8-9H,6-7,10H2,1H3. The monoisotopic (exact) mass is 329 g/mol. The number of benzene rings is 1. The van der Waals surface area contributed by atoms with Crippen LogP contribution in [0.25, 0.3) is 6.08 Å². The van der Waals surface area contributed by atoms with Crippen LogP contribution in [-0.2, 0) is 16.1 Å². The molecular formula is C16H15N3O5. The first-order valence-electron chi connectivity index (χ1n) is 7.32. The van der Waals surface area contributed by atoms with Gasteiger partial charge in [-0.25, -0.2) is 14.3 Å². The maximum atomic E-state index is 12.1. The number of fused-ring (bicyclic) bond motifs is 1. The summed E-state index contributed by atoms with van der Waals surface area (Å²) in [6, 6.07) is 7.39. The maximum absolute atomic E-state index is 12.1. The van der Waals surface area contributed by atoms with E-state index in [1.807, 2.05) is 24.3 Å². The van der Waals surface area contributed by atoms with E-state index >= 15 is 0 Å². The number of hydrogen-bond donors (Lipinski definition) is 0. The van der Waals surface area contributed by atoms with Crippen LogP contribution < -0.4 is 4.74 Å². The Kier molecular flexibility index (Phi) is 4.28. The Hall–Kier alpha value is -3.16. The van der Waals surface area contributed by atoms with E-state index in [2.05, 4.69) is 4.98 Å². The minimum atomic E-state index is -0.518. The highest BCUT2D eigenvalue weighted by molar-refractivity contribution is 5.95. The molecule has 0 atom stereocenters. The van der Waals surface area contributed by atoms with E-state index in [1.165, 1.54) is 10.8 Å². The largest absolute Gasteiger partial charge is 0.488 e. The van der Waals surface area contributed by atoms with Crippen molar-refractivity contribution in [2.45, 2.75) is 13.5 Å². The molecule has 124 valence electrons. The van der Waals surface area contributed by atoms with Crippen molar-refractivity contribution in [3.8, 4) is 5.75 Å². The van der Waals surface area contributed by atoms with Gasteiger partial charge >= 0.3 is 11.8 Å². The van der Waals surface area contributed by atoms with Gasteiger partial charge in [0.05, 0.1) is 5.57 Å². The summed E-state index contributed by atoms with van der Waals surface area (Å²) >= 11 is 0. The molecule has 0 amide bonds. The van der Waals surface area contributed by atoms with Gasteiger partial charge in [0.25, 0.3) is 0 Å². The molecule has 0 unspecified atom stereocenters. The van der Waals surface area contributed by atoms with Gasteiger partial charge in [-0.05, 0) is 17.1 Å². The summed E-state index contributed by atoms with van der Waals surface area (Å²) in [5.74, 6) is 0.591. The van der Waals surface area contributed by atoms with Crippen molar-refractivity contribution in [3.05, 3.63) is 57.5 Å². The Morgan fingerprint density at radius 1 is 1.46 bits per heavy atom. The second-order valence-corrected chi connectivity index (χ2v) is 5.20. The smallest absolute Gasteiger partial charge is 0.342 e. The number of nitro groups is 1. The molecule has 0 aliphatic carbocycles. The number of para-hydroxylation sites is 1. The summed E-state index contributed by atoms with van der Waals surface area (Å²) in [5, 5.41) is 10.9. The van der Waals surface area contributed by atoms with E-state index < -0.39 is 10.9 Å². The number of rotatable bonds is 5. The lowest BCUT2D eigenvalue weighted by atomic mass is 10.1. The van der Waals surface area contributed by atoms with Crippen LogP contribution in [0.5, 0.6) is 5.75 Å². The summed E-state index contributed by atoms with van der Waals surface area (Å²) in [7, 11) is 0. The number of carbonyl (C=O) groups is 1. The van der Waals surface area contributed by atoms with Crippen molar-refractivity contribution in [1.82, 2.24) is 9.55 Å². The van der Waals surface area contributed by atoms with Crippen molar-refractivity contribution in [2.24, 2.45) is 0 Å². The van der Waals surface area contributed by atoms with Gasteiger partial charge in [0.1, 0.15) is 31.7 Å². The van der Waals surface area contributed by atoms with E-state index in [0.717, 1.165) is 11.3 Å². The van der Waals surface area contributed by atoms with Gasteiger partial charge in [0, 0.05) is 12.5 Å². The van der Waals surface area contributed by atoms with Crippen molar-refractivity contribution in [3.63, 3.8) is 0 Å². The molecule has 0 bridgehead atoms. The first-order chi connectivity index (χ1) is 11.6. The molecular weight excluding hydrogens is 314 g/mol. The molecule has 0 saturated carbocycles. The van der Waals surface area contributed by atoms with E-state index in [0.29, 0.717) is 11.4 Å². The van der Waals surface area contributed by atoms with Gasteiger partial charge in [-0.15, -0.1) is 0 Å². The second kappa shape index (κ2) is 6.53. The minimum absolute atomic E-state index is 0.00978. The number of aryl methyl sites for hydroxylation is 1. The van der Waals surface area contributed by atoms with E-state index in [1.54, 1.807) is 13.0 Å². The second-order valence-electron chi connectivity index (χ2n) is 5.20. The van der Waals surface area contributed by atoms with Gasteiger partial charge in [-0.3, -0.25) is 0 Å². The van der Waals surface area contributed by atoms with Crippen LogP contribution in [0.3, 0.4) is 0 Å². The normalized spacial score (nSPS) is 12.8. The SMILES string of the molecule is Cc1ncc([N+](=O)[O-])n1CCOC(=O)C1=Cc2ccccc2OC1. The molecule has 0 saturated heterocycles. The highest BCUT2D eigenvalue weighted by Gasteiger charge is 2.20. The zero-order chi connectivity index (χ0) is 17.1. The van der Waals surface area contributed by atoms with E-state index in [-0.39, 0.29) is 25.6 Å². The molecule has 3 rings (SSSR count). The van der Waals surface area contributed by atoms with Crippen LogP contribution in [0, 0.1) is 17.0 Å². The summed E-state index contributed by atoms with van der Waals surface area (Å²) in [5.41, 5.74) is 1.22. The third-order valence-corrected chi connectivity index (χ3v) is 3.66. The van der Waals surface area contributed by atoms with Gasteiger partial charge in [-0.2, -0.15) is 0 Å². The highest BCUT2D eigenvalue weighted by atomic mass is 16.6. The molecule has 0 fully saturated rings. The number of nitrogens with zero attached hydrogens (tertiary/aromatic N) is 3. The molecule has 0 radical (unpaired) electrons. The number of carbonyl (C=O) groups excluding carboxylic acids is 1. The number of hydrogen-bond acceptors (Lipinski definition) is 6. The lowest BCUT2D eigenvalue weighted by Crippen LogP contribution is -2.19. The van der Waals surface area contributed by atoms with Crippen LogP contribution in [0.2, 0.25) is 0 Å². The fourth-order valence-electron chi connectivity index (χ4n) is 2.43. The summed E-state index contributed by atoms with van der Waals surface area (Å²) in [6.07, 6.45) is 2.91. The van der Waals surface area contributed by atoms with Crippen LogP contribution in [0.4, 0.5) is 5.82 Å². The molecule has 8 nitrogen and oxygen atoms in total. The number of ether oxygens (including phenoxy) is 2. The molecule has 2 aromatic rings. The Labute approximate surface area is 137 Å². The lowest BCUT2D eigenvalue weighted by Gasteiger charge is -2.16. The topological polar surface area (TPSA) is 96.5 Å². The molecule has 1 aliphatic rings. The lowest BCUT2D eigenvalue weighted by molar-refractivity contribution is -0.392. The van der Waals surface area contributed by atoms with Crippen LogP contribution in [0.1, 0.15) is 11.4 Å². The highest BCUT2D eigenvalue weighted by Crippen LogP contribution is 2.26. The predicted molar refractivity (Wildman–Crippen MR) is 84.5 cm³/mol. The summed E-state index contributed by atoms with van der Waals surface area (Å²) in [4.78, 5) is 26.4. The van der Waals surface area contributed by atoms with E-state index in [4.69, 9.17) is 9.47 Å². The average Bonchev–Trinajstić information content (AvgIpc) is 2.95. The molecule has 0 spiro atoms. The van der Waals surface area contributed by atoms with Gasteiger partial charge in [0.2, 0.25) is 0 Å². The fraction of sp³-hybridized carbons (Fsp3) is 0.250. The van der Waals surface area contributed by atoms with E-state index in [9.17, 15) is 14.9 Å². The zero-order valence-corrected chi connectivity index (χ0v) is 13.0. The summed E-state index contributed by atoms with van der Waals surface area (Å²) in [6.45, 7) is 1.97. The Bertz CT molecular complexity index is 825. The molecule has 2 heterocycles. The third-order valence-electron chi connectivity index (χ3n) is 3.66. The number of imidazole rings is 1. The quantitative estimate of drug-likeness (QED) is 0.473. The van der Waals surface area contributed by atoms with Gasteiger partial charge in [0.15, 0.2) is 5.82 Å². The van der Waals surface area contributed by atoms with Crippen molar-refractivity contribution >= 4 is 17.9 Å². The Morgan fingerprint density at radius 2 is 2.25 bits per heavy atom. The fourth-order valence-corrected chi connectivity index (χ4v) is 2.43. The first-order valence-corrected chi connectivity index (χ1v) is 7.32. The van der Waals surface area contributed by atoms with Crippen molar-refractivity contribution in [2.75, 3.05) is 13.2 Å². The third kappa shape index (κ3) is 3.12. The molecule has 0 N–H and O–H groups in total. The van der Waals surface area contributed by atoms with Gasteiger partial charge in [-0.1, -0.05) is 18.2 Å². The summed E-state index contributed by atoms with van der Waals surface area (Å²) < 4.78 is 12.1. The molecule has 1 aromatic heterocycles. The number of aromatic nitrogens is 2. The Balaban J connectivity index is 1.62. The molecule has 8 heteroatoms. The van der Waals surface area contributed by atoms with Crippen molar-refractivity contribution in [1.29, 1.82) is 0 Å². The average molecular weight is 329 g/mol. The number of esters is 1. The predicted octanol–water partition coefficient (Wildman–Crippen LogP) is 2.12. The van der Waals surface area contributed by atoms with Crippen LogP contribution in [-0.4, -0.2) is 33.7 Å². The molecule has 1 aliphatic heterocycles. The van der Waals surface area contributed by atoms with Crippen molar-refractivity contribution < 1.29 is 19.2 Å². The van der Waals surface area contributed by atoms with Crippen LogP contribution in [0.15, 0.2) is 36.0 Å². The molecule has 1 aromatic carbocycles. The van der Waals surface area contributed by atoms with Gasteiger partial charge < -0.3 is 19.6 Å². The Morgan fingerprint density at radius 3 is 3.04 bits per heavy atom. The minimum Gasteiger partial charge on any atom is -0.488 e. The zero-order valence-electron chi connectivity index (χ0n) is 13.0. The molecule has 24 heavy (non-hydrogen) atoms.